The maximum Gasteiger partial charge on any atom is 0.495 e. The van der Waals surface area contributed by atoms with Gasteiger partial charge in [-0.15, -0.1) is 0 Å². The number of anilines is 1. The van der Waals surface area contributed by atoms with Gasteiger partial charge in [0.1, 0.15) is 23.8 Å². The zero-order valence-electron chi connectivity index (χ0n) is 29.2. The number of ether oxygens (including phenoxy) is 3. The number of hydrogen-bond acceptors (Lipinski definition) is 11. The van der Waals surface area contributed by atoms with Crippen LogP contribution in [-0.2, 0) is 20.5 Å². The normalized spacial score (nSPS) is 24.2. The first-order valence-electron chi connectivity index (χ1n) is 17.0. The Bertz CT molecular complexity index is 1540. The molecule has 2 aromatic rings. The number of benzene rings is 1. The molecule has 0 unspecified atom stereocenters. The molecule has 3 fully saturated rings. The Balaban J connectivity index is 1.43. The highest BCUT2D eigenvalue weighted by molar-refractivity contribution is 6.63. The van der Waals surface area contributed by atoms with Crippen LogP contribution in [-0.4, -0.2) is 108 Å². The average Bonchev–Trinajstić information content (AvgIpc) is 3.51. The van der Waals surface area contributed by atoms with E-state index in [4.69, 9.17) is 33.5 Å². The Morgan fingerprint density at radius 2 is 1.85 bits per heavy atom. The van der Waals surface area contributed by atoms with Crippen LogP contribution in [0.25, 0.3) is 10.9 Å². The van der Waals surface area contributed by atoms with Crippen molar-refractivity contribution < 1.29 is 28.3 Å². The summed E-state index contributed by atoms with van der Waals surface area (Å²) in [6.45, 7) is 17.1. The maximum atomic E-state index is 13.2. The van der Waals surface area contributed by atoms with Crippen molar-refractivity contribution in [2.24, 2.45) is 0 Å². The molecule has 1 amide bonds. The van der Waals surface area contributed by atoms with Crippen LogP contribution in [0.4, 0.5) is 10.6 Å². The molecule has 254 valence electrons. The minimum Gasteiger partial charge on any atom is -0.492 e. The van der Waals surface area contributed by atoms with Crippen molar-refractivity contribution in [3.8, 4) is 17.8 Å². The molecule has 3 saturated heterocycles. The number of rotatable bonds is 6. The minimum atomic E-state index is -0.640. The lowest BCUT2D eigenvalue weighted by atomic mass is 9.73. The molecule has 6 rings (SSSR count). The second-order valence-corrected chi connectivity index (χ2v) is 15.3. The smallest absolute Gasteiger partial charge is 0.492 e. The van der Waals surface area contributed by atoms with E-state index in [-0.39, 0.29) is 18.5 Å². The summed E-state index contributed by atoms with van der Waals surface area (Å²) in [4.78, 5) is 29.3. The average molecular weight is 649 g/mol. The van der Waals surface area contributed by atoms with E-state index in [2.05, 4.69) is 56.7 Å². The predicted octanol–water partition coefficient (Wildman–Crippen LogP) is 4.07. The van der Waals surface area contributed by atoms with Gasteiger partial charge in [-0.2, -0.15) is 15.2 Å². The first-order valence-corrected chi connectivity index (χ1v) is 17.0. The van der Waals surface area contributed by atoms with Crippen LogP contribution >= 0.6 is 0 Å². The van der Waals surface area contributed by atoms with Gasteiger partial charge in [0.25, 0.3) is 0 Å². The van der Waals surface area contributed by atoms with Gasteiger partial charge >= 0.3 is 19.2 Å². The number of nitrogens with zero attached hydrogens (tertiary/aromatic N) is 6. The van der Waals surface area contributed by atoms with Gasteiger partial charge in [0, 0.05) is 25.7 Å². The topological polar surface area (TPSA) is 123 Å². The van der Waals surface area contributed by atoms with Crippen LogP contribution in [0.1, 0.15) is 79.7 Å². The lowest BCUT2D eigenvalue weighted by Gasteiger charge is -2.41. The second-order valence-electron chi connectivity index (χ2n) is 15.3. The van der Waals surface area contributed by atoms with Crippen molar-refractivity contribution in [2.75, 3.05) is 51.3 Å². The Labute approximate surface area is 278 Å². The molecule has 4 aliphatic rings. The fourth-order valence-corrected chi connectivity index (χ4v) is 6.85. The van der Waals surface area contributed by atoms with E-state index in [9.17, 15) is 10.1 Å². The van der Waals surface area contributed by atoms with Crippen molar-refractivity contribution in [3.63, 3.8) is 0 Å². The number of aromatic nitrogens is 2. The van der Waals surface area contributed by atoms with E-state index in [1.807, 2.05) is 20.8 Å². The van der Waals surface area contributed by atoms with E-state index in [0.29, 0.717) is 50.2 Å². The van der Waals surface area contributed by atoms with Crippen molar-refractivity contribution in [2.45, 2.75) is 109 Å². The van der Waals surface area contributed by atoms with Crippen LogP contribution < -0.4 is 19.8 Å². The molecule has 5 heterocycles. The zero-order chi connectivity index (χ0) is 33.7. The number of hydrogen-bond donors (Lipinski definition) is 0. The van der Waals surface area contributed by atoms with E-state index in [1.165, 1.54) is 0 Å². The number of amides is 1. The van der Waals surface area contributed by atoms with Gasteiger partial charge in [0.2, 0.25) is 0 Å². The highest BCUT2D eigenvalue weighted by atomic mass is 16.7. The van der Waals surface area contributed by atoms with Crippen LogP contribution in [0, 0.1) is 11.3 Å². The molecule has 0 N–H and O–H groups in total. The lowest BCUT2D eigenvalue weighted by molar-refractivity contribution is 0.00578. The number of fused-ring (bicyclic) bond motifs is 3. The Morgan fingerprint density at radius 3 is 2.51 bits per heavy atom. The third-order valence-corrected chi connectivity index (χ3v) is 10.2. The minimum absolute atomic E-state index is 0.164. The highest BCUT2D eigenvalue weighted by Crippen LogP contribution is 2.42. The summed E-state index contributed by atoms with van der Waals surface area (Å²) in [6.07, 6.45) is 3.62. The summed E-state index contributed by atoms with van der Waals surface area (Å²) in [7, 11) is 1.54. The Kier molecular flexibility index (Phi) is 9.00. The SMILES string of the molecule is CN1CCC[C@H]1COc1nc(N2CCN(C(=O)OC(C)(C)C)[C@@H](CC#N)C2)c2c3c(c(B4OC(C)(C)C(C)(C)O4)cc2n1)CCCO3. The second kappa shape index (κ2) is 12.6. The van der Waals surface area contributed by atoms with Crippen LogP contribution in [0.2, 0.25) is 0 Å². The Hall–Kier alpha value is -3.34. The number of likely N-dealkylation sites (N-methyl/N-ethyl adjacent to an activating group) is 1. The van der Waals surface area contributed by atoms with Crippen LogP contribution in [0.15, 0.2) is 6.07 Å². The molecule has 0 aliphatic carbocycles. The highest BCUT2D eigenvalue weighted by Gasteiger charge is 2.53. The predicted molar refractivity (Wildman–Crippen MR) is 179 cm³/mol. The molecule has 1 aromatic heterocycles. The number of nitriles is 1. The summed E-state index contributed by atoms with van der Waals surface area (Å²) < 4.78 is 31.6. The molecule has 0 radical (unpaired) electrons. The molecule has 0 saturated carbocycles. The van der Waals surface area contributed by atoms with E-state index >= 15 is 0 Å². The quantitative estimate of drug-likeness (QED) is 0.422. The van der Waals surface area contributed by atoms with Crippen molar-refractivity contribution in [1.29, 1.82) is 5.26 Å². The summed E-state index contributed by atoms with van der Waals surface area (Å²) in [6, 6.07) is 4.52. The number of piperazine rings is 1. The molecule has 0 bridgehead atoms. The molecular weight excluding hydrogens is 599 g/mol. The van der Waals surface area contributed by atoms with Gasteiger partial charge in [-0.1, -0.05) is 0 Å². The van der Waals surface area contributed by atoms with Crippen molar-refractivity contribution in [3.05, 3.63) is 11.6 Å². The van der Waals surface area contributed by atoms with Crippen LogP contribution in [0.5, 0.6) is 11.8 Å². The molecule has 0 spiro atoms. The fourth-order valence-electron chi connectivity index (χ4n) is 6.85. The fraction of sp³-hybridized carbons (Fsp3) is 0.706. The largest absolute Gasteiger partial charge is 0.495 e. The zero-order valence-corrected chi connectivity index (χ0v) is 29.2. The van der Waals surface area contributed by atoms with Crippen molar-refractivity contribution in [1.82, 2.24) is 19.8 Å². The first-order chi connectivity index (χ1) is 22.2. The van der Waals surface area contributed by atoms with E-state index in [0.717, 1.165) is 54.4 Å². The van der Waals surface area contributed by atoms with Gasteiger partial charge in [-0.05, 0) is 105 Å². The molecule has 2 atom stereocenters. The third-order valence-electron chi connectivity index (χ3n) is 10.2. The third kappa shape index (κ3) is 6.69. The molecule has 12 nitrogen and oxygen atoms in total. The monoisotopic (exact) mass is 648 g/mol. The first kappa shape index (κ1) is 33.6. The van der Waals surface area contributed by atoms with Gasteiger partial charge < -0.3 is 38.2 Å². The van der Waals surface area contributed by atoms with Crippen LogP contribution in [0.3, 0.4) is 0 Å². The Morgan fingerprint density at radius 1 is 1.11 bits per heavy atom. The van der Waals surface area contributed by atoms with E-state index < -0.39 is 30.0 Å². The van der Waals surface area contributed by atoms with Gasteiger partial charge in [0.05, 0.1) is 47.2 Å². The van der Waals surface area contributed by atoms with E-state index in [1.54, 1.807) is 4.90 Å². The summed E-state index contributed by atoms with van der Waals surface area (Å²) in [5.41, 5.74) is 0.984. The summed E-state index contributed by atoms with van der Waals surface area (Å²) in [5.74, 6) is 1.41. The molecule has 13 heteroatoms. The summed E-state index contributed by atoms with van der Waals surface area (Å²) >= 11 is 0. The number of carbonyl (C=O) groups is 1. The van der Waals surface area contributed by atoms with Gasteiger partial charge in [-0.3, -0.25) is 0 Å². The number of carbonyl (C=O) groups excluding carboxylic acids is 1. The van der Waals surface area contributed by atoms with Gasteiger partial charge in [-0.25, -0.2) is 4.79 Å². The molecule has 47 heavy (non-hydrogen) atoms. The molecule has 4 aliphatic heterocycles. The maximum absolute atomic E-state index is 13.2. The van der Waals surface area contributed by atoms with Gasteiger partial charge in [0.15, 0.2) is 0 Å². The standard InChI is InChI=1S/C34H49BN6O6/c1-32(2,3)45-31(42)41-17-16-40(20-22(41)13-14-36)29-27-26(37-30(38-29)44-21-23-11-9-15-39(23)8)19-25(24-12-10-18-43-28(24)27)35-46-33(4,5)34(6,7)47-35/h19,22-23H,9-13,15-18,20-21H2,1-8H3/t22-,23-/m0/s1. The lowest BCUT2D eigenvalue weighted by Crippen LogP contribution is -2.56. The molecule has 1 aromatic carbocycles. The molecular formula is C34H49BN6O6. The summed E-state index contributed by atoms with van der Waals surface area (Å²) in [5, 5.41) is 10.5. The number of likely N-dealkylation sites (tertiary alicyclic amines) is 1. The van der Waals surface area contributed by atoms with Crippen molar-refractivity contribution >= 4 is 35.4 Å².